The quantitative estimate of drug-likeness (QED) is 0.684. The first-order valence-electron chi connectivity index (χ1n) is 8.07. The summed E-state index contributed by atoms with van der Waals surface area (Å²) in [6, 6.07) is 0.515. The summed E-state index contributed by atoms with van der Waals surface area (Å²) >= 11 is 0. The van der Waals surface area contributed by atoms with E-state index in [0.29, 0.717) is 24.3 Å². The molecule has 0 saturated heterocycles. The second-order valence-corrected chi connectivity index (χ2v) is 6.79. The van der Waals surface area contributed by atoms with Crippen molar-refractivity contribution in [2.45, 2.75) is 65.5 Å². The van der Waals surface area contributed by atoms with E-state index < -0.39 is 5.97 Å². The SMILES string of the molecule is CCN(CC(=O)O)C1CC(NC(=O)CC(C)CC(C)C)C1. The molecule has 2 N–H and O–H groups in total. The first kappa shape index (κ1) is 18.0. The molecule has 5 nitrogen and oxygen atoms in total. The van der Waals surface area contributed by atoms with Crippen molar-refractivity contribution in [1.29, 1.82) is 0 Å². The van der Waals surface area contributed by atoms with Crippen LogP contribution in [0.4, 0.5) is 0 Å². The van der Waals surface area contributed by atoms with E-state index in [1.165, 1.54) is 0 Å². The Morgan fingerprint density at radius 1 is 1.29 bits per heavy atom. The van der Waals surface area contributed by atoms with Gasteiger partial charge in [-0.3, -0.25) is 14.5 Å². The van der Waals surface area contributed by atoms with Crippen molar-refractivity contribution >= 4 is 11.9 Å². The Hall–Kier alpha value is -1.10. The van der Waals surface area contributed by atoms with Gasteiger partial charge in [0.1, 0.15) is 0 Å². The van der Waals surface area contributed by atoms with Crippen LogP contribution in [0.5, 0.6) is 0 Å². The van der Waals surface area contributed by atoms with Crippen molar-refractivity contribution in [2.24, 2.45) is 11.8 Å². The lowest BCUT2D eigenvalue weighted by Crippen LogP contribution is -2.54. The van der Waals surface area contributed by atoms with Crippen molar-refractivity contribution in [3.63, 3.8) is 0 Å². The van der Waals surface area contributed by atoms with Gasteiger partial charge in [-0.2, -0.15) is 0 Å². The van der Waals surface area contributed by atoms with Gasteiger partial charge in [0, 0.05) is 18.5 Å². The molecule has 0 spiro atoms. The lowest BCUT2D eigenvalue weighted by Gasteiger charge is -2.42. The monoisotopic (exact) mass is 298 g/mol. The van der Waals surface area contributed by atoms with Crippen LogP contribution in [0.25, 0.3) is 0 Å². The van der Waals surface area contributed by atoms with Gasteiger partial charge >= 0.3 is 5.97 Å². The van der Waals surface area contributed by atoms with Gasteiger partial charge in [0.05, 0.1) is 6.54 Å². The van der Waals surface area contributed by atoms with Gasteiger partial charge in [-0.25, -0.2) is 0 Å². The zero-order valence-electron chi connectivity index (χ0n) is 13.8. The van der Waals surface area contributed by atoms with Crippen LogP contribution in [0.1, 0.15) is 53.4 Å². The molecule has 1 unspecified atom stereocenters. The Morgan fingerprint density at radius 2 is 1.90 bits per heavy atom. The van der Waals surface area contributed by atoms with Crippen molar-refractivity contribution < 1.29 is 14.7 Å². The third kappa shape index (κ3) is 6.46. The number of carboxylic acids is 1. The van der Waals surface area contributed by atoms with Crippen LogP contribution >= 0.6 is 0 Å². The Labute approximate surface area is 128 Å². The maximum absolute atomic E-state index is 11.9. The van der Waals surface area contributed by atoms with Gasteiger partial charge in [-0.1, -0.05) is 27.7 Å². The number of nitrogens with one attached hydrogen (secondary N) is 1. The largest absolute Gasteiger partial charge is 0.480 e. The lowest BCUT2D eigenvalue weighted by molar-refractivity contribution is -0.139. The highest BCUT2D eigenvalue weighted by Gasteiger charge is 2.34. The topological polar surface area (TPSA) is 69.6 Å². The molecule has 1 aliphatic rings. The summed E-state index contributed by atoms with van der Waals surface area (Å²) in [5.74, 6) is 0.384. The van der Waals surface area contributed by atoms with Crippen LogP contribution in [-0.4, -0.2) is 47.1 Å². The molecule has 1 rings (SSSR count). The Kier molecular flexibility index (Phi) is 7.15. The molecule has 0 bridgehead atoms. The molecule has 21 heavy (non-hydrogen) atoms. The normalized spacial score (nSPS) is 23.0. The summed E-state index contributed by atoms with van der Waals surface area (Å²) in [5.41, 5.74) is 0. The zero-order valence-corrected chi connectivity index (χ0v) is 13.8. The van der Waals surface area contributed by atoms with E-state index in [9.17, 15) is 9.59 Å². The lowest BCUT2D eigenvalue weighted by atomic mass is 9.85. The maximum atomic E-state index is 11.9. The fourth-order valence-electron chi connectivity index (χ4n) is 3.17. The van der Waals surface area contributed by atoms with Crippen LogP contribution in [0.3, 0.4) is 0 Å². The molecule has 1 aliphatic carbocycles. The number of aliphatic carboxylic acids is 1. The third-order valence-corrected chi connectivity index (χ3v) is 4.15. The number of rotatable bonds is 9. The van der Waals surface area contributed by atoms with Crippen molar-refractivity contribution in [2.75, 3.05) is 13.1 Å². The Morgan fingerprint density at radius 3 is 2.38 bits per heavy atom. The maximum Gasteiger partial charge on any atom is 0.317 e. The molecule has 0 aromatic carbocycles. The van der Waals surface area contributed by atoms with E-state index in [1.807, 2.05) is 11.8 Å². The van der Waals surface area contributed by atoms with Crippen molar-refractivity contribution in [1.82, 2.24) is 10.2 Å². The van der Waals surface area contributed by atoms with E-state index in [-0.39, 0.29) is 18.5 Å². The molecule has 5 heteroatoms. The van der Waals surface area contributed by atoms with E-state index >= 15 is 0 Å². The first-order chi connectivity index (χ1) is 9.81. The molecule has 122 valence electrons. The van der Waals surface area contributed by atoms with E-state index in [0.717, 1.165) is 25.8 Å². The Bertz CT molecular complexity index is 351. The van der Waals surface area contributed by atoms with Crippen molar-refractivity contribution in [3.05, 3.63) is 0 Å². The van der Waals surface area contributed by atoms with Crippen LogP contribution in [-0.2, 0) is 9.59 Å². The van der Waals surface area contributed by atoms with Crippen molar-refractivity contribution in [3.8, 4) is 0 Å². The minimum Gasteiger partial charge on any atom is -0.480 e. The summed E-state index contributed by atoms with van der Waals surface area (Å²) in [6.45, 7) is 9.27. The van der Waals surface area contributed by atoms with Crippen LogP contribution in [0.2, 0.25) is 0 Å². The number of likely N-dealkylation sites (N-methyl/N-ethyl adjacent to an activating group) is 1. The number of hydrogen-bond acceptors (Lipinski definition) is 3. The average Bonchev–Trinajstić information content (AvgIpc) is 2.29. The number of carbonyl (C=O) groups excluding carboxylic acids is 1. The summed E-state index contributed by atoms with van der Waals surface area (Å²) in [6.07, 6.45) is 3.39. The minimum atomic E-state index is -0.785. The number of amides is 1. The predicted molar refractivity (Wildman–Crippen MR) is 83.1 cm³/mol. The summed E-state index contributed by atoms with van der Waals surface area (Å²) < 4.78 is 0. The van der Waals surface area contributed by atoms with E-state index in [2.05, 4.69) is 26.1 Å². The van der Waals surface area contributed by atoms with Crippen LogP contribution in [0.15, 0.2) is 0 Å². The average molecular weight is 298 g/mol. The second-order valence-electron chi connectivity index (χ2n) is 6.79. The summed E-state index contributed by atoms with van der Waals surface area (Å²) in [5, 5.41) is 11.9. The van der Waals surface area contributed by atoms with Gasteiger partial charge in [0.2, 0.25) is 5.91 Å². The van der Waals surface area contributed by atoms with E-state index in [4.69, 9.17) is 5.11 Å². The van der Waals surface area contributed by atoms with E-state index in [1.54, 1.807) is 0 Å². The van der Waals surface area contributed by atoms with Gasteiger partial charge in [0.15, 0.2) is 0 Å². The van der Waals surface area contributed by atoms with Gasteiger partial charge in [0.25, 0.3) is 0 Å². The molecule has 1 atom stereocenters. The minimum absolute atomic E-state index is 0.0905. The second kappa shape index (κ2) is 8.37. The highest BCUT2D eigenvalue weighted by molar-refractivity contribution is 5.76. The highest BCUT2D eigenvalue weighted by atomic mass is 16.4. The standard InChI is InChI=1S/C16H30N2O3/c1-5-18(10-16(20)21)14-8-13(9-14)17-15(19)7-12(4)6-11(2)3/h11-14H,5-10H2,1-4H3,(H,17,19)(H,20,21). The smallest absolute Gasteiger partial charge is 0.317 e. The fourth-order valence-corrected chi connectivity index (χ4v) is 3.17. The third-order valence-electron chi connectivity index (χ3n) is 4.15. The molecule has 1 saturated carbocycles. The van der Waals surface area contributed by atoms with Crippen LogP contribution in [0, 0.1) is 11.8 Å². The van der Waals surface area contributed by atoms with Gasteiger partial charge in [-0.05, 0) is 37.6 Å². The molecular weight excluding hydrogens is 268 g/mol. The first-order valence-corrected chi connectivity index (χ1v) is 8.07. The number of carboxylic acid groups (broad SMARTS) is 1. The fraction of sp³-hybridized carbons (Fsp3) is 0.875. The van der Waals surface area contributed by atoms with Gasteiger partial charge in [-0.15, -0.1) is 0 Å². The molecule has 0 aromatic rings. The van der Waals surface area contributed by atoms with Crippen LogP contribution < -0.4 is 5.32 Å². The zero-order chi connectivity index (χ0) is 16.0. The highest BCUT2D eigenvalue weighted by Crippen LogP contribution is 2.26. The number of hydrogen-bond donors (Lipinski definition) is 2. The molecule has 0 heterocycles. The summed E-state index contributed by atoms with van der Waals surface area (Å²) in [7, 11) is 0. The molecule has 1 amide bonds. The molecule has 0 aromatic heterocycles. The molecular formula is C16H30N2O3. The summed E-state index contributed by atoms with van der Waals surface area (Å²) in [4.78, 5) is 24.7. The number of nitrogens with zero attached hydrogens (tertiary/aromatic N) is 1. The predicted octanol–water partition coefficient (Wildman–Crippen LogP) is 2.11. The molecule has 0 aliphatic heterocycles. The number of carbonyl (C=O) groups is 2. The van der Waals surface area contributed by atoms with Gasteiger partial charge < -0.3 is 10.4 Å². The molecule has 1 fully saturated rings. The molecule has 0 radical (unpaired) electrons. The Balaban J connectivity index is 2.24.